The molecule has 0 saturated heterocycles. The summed E-state index contributed by atoms with van der Waals surface area (Å²) in [7, 11) is 2.21. The van der Waals surface area contributed by atoms with E-state index in [0.29, 0.717) is 6.54 Å². The SMILES string of the molecule is C[N+]1=C(/C=C/C=C/C=C2\N(CCC(=O)O)c3ccccc3C2(C)C)C(C)(Cc2ccccc2)c2c1c1ccccc1c1ccccc21. The predicted octanol–water partition coefficient (Wildman–Crippen LogP) is 9.49. The Kier molecular flexibility index (Phi) is 7.68. The average molecular weight is 618 g/mol. The van der Waals surface area contributed by atoms with E-state index in [2.05, 4.69) is 165 Å². The molecular weight excluding hydrogens is 576 g/mol. The fraction of sp³-hybridized carbons (Fsp3) is 0.209. The first kappa shape index (κ1) is 30.4. The number of hydrogen-bond acceptors (Lipinski definition) is 2. The van der Waals surface area contributed by atoms with E-state index < -0.39 is 5.97 Å². The lowest BCUT2D eigenvalue weighted by molar-refractivity contribution is -0.399. The first-order valence-corrected chi connectivity index (χ1v) is 16.4. The van der Waals surface area contributed by atoms with Gasteiger partial charge in [0, 0.05) is 35.0 Å². The van der Waals surface area contributed by atoms with Gasteiger partial charge in [0.05, 0.1) is 17.2 Å². The normalized spacial score (nSPS) is 19.5. The molecule has 0 fully saturated rings. The van der Waals surface area contributed by atoms with Crippen molar-refractivity contribution in [1.29, 1.82) is 0 Å². The molecule has 0 radical (unpaired) electrons. The Balaban J connectivity index is 1.30. The standard InChI is InChI=1S/C43H40N2O2/c1-42(2)35-23-15-16-24-36(35)45(28-27-39(46)47)37(42)25-9-6-10-26-38-43(3,29-30-17-7-5-8-18-30)40-33-21-13-11-19-31(33)32-20-12-14-22-34(32)41(40)44(38)4/h5-26H,27-29H2,1-4H3/p+1. The summed E-state index contributed by atoms with van der Waals surface area (Å²) in [6.45, 7) is 7.26. The molecule has 2 aliphatic rings. The summed E-state index contributed by atoms with van der Waals surface area (Å²) in [4.78, 5) is 13.7. The van der Waals surface area contributed by atoms with Crippen LogP contribution in [0.3, 0.4) is 0 Å². The molecule has 0 bridgehead atoms. The zero-order chi connectivity index (χ0) is 32.8. The summed E-state index contributed by atoms with van der Waals surface area (Å²) in [6.07, 6.45) is 11.7. The first-order valence-electron chi connectivity index (χ1n) is 16.4. The summed E-state index contributed by atoms with van der Waals surface area (Å²) in [5.74, 6) is -0.789. The topological polar surface area (TPSA) is 43.5 Å². The molecule has 4 nitrogen and oxygen atoms in total. The van der Waals surface area contributed by atoms with Gasteiger partial charge >= 0.3 is 5.97 Å². The van der Waals surface area contributed by atoms with Crippen molar-refractivity contribution in [3.05, 3.63) is 156 Å². The minimum Gasteiger partial charge on any atom is -0.481 e. The number of nitrogens with zero attached hydrogens (tertiary/aromatic N) is 2. The molecule has 7 rings (SSSR count). The Morgan fingerprint density at radius 1 is 0.766 bits per heavy atom. The van der Waals surface area contributed by atoms with Crippen LogP contribution in [0.25, 0.3) is 21.5 Å². The van der Waals surface area contributed by atoms with Gasteiger partial charge in [-0.15, -0.1) is 0 Å². The number of para-hydroxylation sites is 1. The Labute approximate surface area is 277 Å². The first-order chi connectivity index (χ1) is 22.7. The highest BCUT2D eigenvalue weighted by Crippen LogP contribution is 2.50. The number of aliphatic carboxylic acids is 1. The monoisotopic (exact) mass is 617 g/mol. The molecule has 234 valence electrons. The van der Waals surface area contributed by atoms with Crippen molar-refractivity contribution in [2.24, 2.45) is 0 Å². The van der Waals surface area contributed by atoms with Crippen LogP contribution in [-0.4, -0.2) is 35.0 Å². The maximum absolute atomic E-state index is 11.5. The molecule has 5 aromatic rings. The third-order valence-electron chi connectivity index (χ3n) is 10.2. The van der Waals surface area contributed by atoms with Crippen molar-refractivity contribution < 1.29 is 14.5 Å². The number of allylic oxidation sites excluding steroid dienone is 6. The lowest BCUT2D eigenvalue weighted by Crippen LogP contribution is -2.33. The maximum atomic E-state index is 11.5. The van der Waals surface area contributed by atoms with Crippen LogP contribution in [0.2, 0.25) is 0 Å². The Hall–Kier alpha value is -5.22. The van der Waals surface area contributed by atoms with Crippen molar-refractivity contribution in [3.8, 4) is 0 Å². The fourth-order valence-corrected chi connectivity index (χ4v) is 8.07. The molecule has 2 heterocycles. The predicted molar refractivity (Wildman–Crippen MR) is 195 cm³/mol. The Morgan fingerprint density at radius 3 is 2.11 bits per heavy atom. The molecular formula is C43H41N2O2+. The molecule has 1 N–H and O–H groups in total. The maximum Gasteiger partial charge on any atom is 0.305 e. The Morgan fingerprint density at radius 2 is 1.38 bits per heavy atom. The molecule has 1 unspecified atom stereocenters. The van der Waals surface area contributed by atoms with Crippen LogP contribution in [0.5, 0.6) is 0 Å². The number of hydrogen-bond donors (Lipinski definition) is 1. The summed E-state index contributed by atoms with van der Waals surface area (Å²) in [5.41, 5.74) is 8.14. The lowest BCUT2D eigenvalue weighted by Gasteiger charge is -2.26. The molecule has 0 spiro atoms. The van der Waals surface area contributed by atoms with Crippen LogP contribution in [0.4, 0.5) is 11.4 Å². The highest BCUT2D eigenvalue weighted by Gasteiger charge is 2.49. The van der Waals surface area contributed by atoms with Crippen LogP contribution >= 0.6 is 0 Å². The van der Waals surface area contributed by atoms with Crippen molar-refractivity contribution in [2.75, 3.05) is 18.5 Å². The second-order valence-corrected chi connectivity index (χ2v) is 13.5. The quantitative estimate of drug-likeness (QED) is 0.107. The number of benzene rings is 5. The number of fused-ring (bicyclic) bond motifs is 7. The smallest absolute Gasteiger partial charge is 0.305 e. The summed E-state index contributed by atoms with van der Waals surface area (Å²) < 4.78 is 2.40. The van der Waals surface area contributed by atoms with Crippen LogP contribution in [0.1, 0.15) is 43.9 Å². The van der Waals surface area contributed by atoms with E-state index in [-0.39, 0.29) is 17.3 Å². The zero-order valence-electron chi connectivity index (χ0n) is 27.6. The van der Waals surface area contributed by atoms with Gasteiger partial charge in [-0.25, -0.2) is 0 Å². The van der Waals surface area contributed by atoms with Gasteiger partial charge in [0.25, 0.3) is 0 Å². The van der Waals surface area contributed by atoms with E-state index in [0.717, 1.165) is 17.8 Å². The van der Waals surface area contributed by atoms with Gasteiger partial charge in [-0.1, -0.05) is 123 Å². The number of carbonyl (C=O) groups is 1. The van der Waals surface area contributed by atoms with Crippen LogP contribution in [0.15, 0.2) is 139 Å². The second kappa shape index (κ2) is 11.9. The minimum absolute atomic E-state index is 0.0833. The van der Waals surface area contributed by atoms with E-state index in [1.807, 2.05) is 6.07 Å². The van der Waals surface area contributed by atoms with Crippen LogP contribution in [-0.2, 0) is 22.0 Å². The highest BCUT2D eigenvalue weighted by molar-refractivity contribution is 6.19. The van der Waals surface area contributed by atoms with Crippen LogP contribution < -0.4 is 4.90 Å². The van der Waals surface area contributed by atoms with E-state index in [9.17, 15) is 9.90 Å². The molecule has 0 aliphatic carbocycles. The van der Waals surface area contributed by atoms with Crippen molar-refractivity contribution in [2.45, 2.75) is 44.4 Å². The summed E-state index contributed by atoms with van der Waals surface area (Å²) in [6, 6.07) is 36.8. The largest absolute Gasteiger partial charge is 0.481 e. The molecule has 0 aromatic heterocycles. The summed E-state index contributed by atoms with van der Waals surface area (Å²) in [5, 5.41) is 14.6. The lowest BCUT2D eigenvalue weighted by atomic mass is 9.72. The summed E-state index contributed by atoms with van der Waals surface area (Å²) >= 11 is 0. The molecule has 0 saturated carbocycles. The van der Waals surface area contributed by atoms with Gasteiger partial charge in [-0.05, 0) is 58.8 Å². The van der Waals surface area contributed by atoms with Crippen molar-refractivity contribution >= 4 is 44.6 Å². The van der Waals surface area contributed by atoms with Crippen LogP contribution in [0, 0.1) is 0 Å². The van der Waals surface area contributed by atoms with Gasteiger partial charge in [0.15, 0.2) is 5.71 Å². The van der Waals surface area contributed by atoms with Gasteiger partial charge < -0.3 is 10.0 Å². The average Bonchev–Trinajstić information content (AvgIpc) is 3.43. The fourth-order valence-electron chi connectivity index (χ4n) is 8.07. The van der Waals surface area contributed by atoms with E-state index >= 15 is 0 Å². The van der Waals surface area contributed by atoms with Crippen molar-refractivity contribution in [1.82, 2.24) is 0 Å². The third-order valence-corrected chi connectivity index (χ3v) is 10.2. The molecule has 4 heteroatoms. The van der Waals surface area contributed by atoms with Gasteiger partial charge in [0.2, 0.25) is 5.69 Å². The van der Waals surface area contributed by atoms with Gasteiger partial charge in [0.1, 0.15) is 7.05 Å². The molecule has 2 aliphatic heterocycles. The molecule has 0 amide bonds. The Bertz CT molecular complexity index is 2150. The van der Waals surface area contributed by atoms with E-state index in [1.165, 1.54) is 49.6 Å². The van der Waals surface area contributed by atoms with E-state index in [1.54, 1.807) is 0 Å². The highest BCUT2D eigenvalue weighted by atomic mass is 16.4. The molecule has 1 atom stereocenters. The third kappa shape index (κ3) is 5.09. The minimum atomic E-state index is -0.789. The van der Waals surface area contributed by atoms with Gasteiger partial charge in [-0.2, -0.15) is 4.58 Å². The number of anilines is 1. The number of carboxylic acids is 1. The second-order valence-electron chi connectivity index (χ2n) is 13.5. The number of rotatable bonds is 8. The molecule has 47 heavy (non-hydrogen) atoms. The molecule has 5 aromatic carbocycles. The van der Waals surface area contributed by atoms with E-state index in [4.69, 9.17) is 0 Å². The van der Waals surface area contributed by atoms with Crippen molar-refractivity contribution in [3.63, 3.8) is 0 Å². The van der Waals surface area contributed by atoms with Gasteiger partial charge in [-0.3, -0.25) is 4.79 Å². The number of carboxylic acid groups (broad SMARTS) is 1. The zero-order valence-corrected chi connectivity index (χ0v) is 27.6.